The minimum Gasteiger partial charge on any atom is -0.496 e. The molecular formula is C18H19N5O2. The topological polar surface area (TPSA) is 71.8 Å². The Morgan fingerprint density at radius 2 is 2.20 bits per heavy atom. The van der Waals surface area contributed by atoms with Crippen LogP contribution in [0.5, 0.6) is 5.75 Å². The van der Waals surface area contributed by atoms with Crippen LogP contribution in [0.4, 0.5) is 10.6 Å². The van der Waals surface area contributed by atoms with Crippen LogP contribution in [0.15, 0.2) is 36.5 Å². The van der Waals surface area contributed by atoms with Crippen LogP contribution >= 0.6 is 0 Å². The Morgan fingerprint density at radius 3 is 3.04 bits per heavy atom. The summed E-state index contributed by atoms with van der Waals surface area (Å²) in [5.74, 6) is 1.50. The molecule has 0 saturated heterocycles. The predicted molar refractivity (Wildman–Crippen MR) is 93.9 cm³/mol. The molecule has 0 aliphatic carbocycles. The number of hydrogen-bond donors (Lipinski definition) is 1. The van der Waals surface area contributed by atoms with Crippen molar-refractivity contribution in [1.82, 2.24) is 19.5 Å². The molecule has 2 amide bonds. The smallest absolute Gasteiger partial charge is 0.323 e. The summed E-state index contributed by atoms with van der Waals surface area (Å²) in [6.07, 6.45) is 2.45. The first-order valence-corrected chi connectivity index (χ1v) is 8.18. The van der Waals surface area contributed by atoms with Gasteiger partial charge in [0.05, 0.1) is 12.8 Å². The summed E-state index contributed by atoms with van der Waals surface area (Å²) in [7, 11) is 1.68. The molecule has 25 heavy (non-hydrogen) atoms. The van der Waals surface area contributed by atoms with E-state index in [1.54, 1.807) is 28.8 Å². The van der Waals surface area contributed by atoms with E-state index in [4.69, 9.17) is 4.74 Å². The molecule has 128 valence electrons. The maximum Gasteiger partial charge on any atom is 0.323 e. The van der Waals surface area contributed by atoms with Crippen LogP contribution in [0.25, 0.3) is 5.65 Å². The average molecular weight is 337 g/mol. The quantitative estimate of drug-likeness (QED) is 0.780. The summed E-state index contributed by atoms with van der Waals surface area (Å²) >= 11 is 0. The molecule has 0 radical (unpaired) electrons. The summed E-state index contributed by atoms with van der Waals surface area (Å²) in [4.78, 5) is 18.8. The summed E-state index contributed by atoms with van der Waals surface area (Å²) < 4.78 is 7.06. The number of hydrogen-bond acceptors (Lipinski definition) is 4. The fraction of sp³-hybridized carbons (Fsp3) is 0.278. The molecule has 4 rings (SSSR count). The van der Waals surface area contributed by atoms with Gasteiger partial charge >= 0.3 is 6.03 Å². The van der Waals surface area contributed by atoms with E-state index < -0.39 is 0 Å². The van der Waals surface area contributed by atoms with Crippen molar-refractivity contribution in [1.29, 1.82) is 0 Å². The van der Waals surface area contributed by atoms with Gasteiger partial charge in [0.15, 0.2) is 5.65 Å². The van der Waals surface area contributed by atoms with E-state index in [1.807, 2.05) is 31.2 Å². The van der Waals surface area contributed by atoms with Crippen LogP contribution < -0.4 is 10.1 Å². The number of amides is 2. The van der Waals surface area contributed by atoms with E-state index in [1.165, 1.54) is 5.56 Å². The van der Waals surface area contributed by atoms with Gasteiger partial charge in [-0.05, 0) is 31.0 Å². The van der Waals surface area contributed by atoms with Gasteiger partial charge in [0.2, 0.25) is 0 Å². The normalized spacial score (nSPS) is 13.6. The second kappa shape index (κ2) is 6.08. The van der Waals surface area contributed by atoms with E-state index in [9.17, 15) is 4.79 Å². The van der Waals surface area contributed by atoms with Crippen LogP contribution in [-0.2, 0) is 13.0 Å². The molecule has 7 heteroatoms. The summed E-state index contributed by atoms with van der Waals surface area (Å²) in [6, 6.07) is 9.44. The van der Waals surface area contributed by atoms with Gasteiger partial charge in [0.25, 0.3) is 0 Å². The number of nitrogens with one attached hydrogen (secondary N) is 1. The monoisotopic (exact) mass is 337 g/mol. The van der Waals surface area contributed by atoms with Crippen LogP contribution in [-0.4, -0.2) is 39.2 Å². The van der Waals surface area contributed by atoms with Crippen molar-refractivity contribution in [3.05, 3.63) is 53.3 Å². The number of fused-ring (bicyclic) bond motifs is 2. The fourth-order valence-corrected chi connectivity index (χ4v) is 3.23. The highest BCUT2D eigenvalue weighted by atomic mass is 16.5. The second-order valence-electron chi connectivity index (χ2n) is 6.09. The number of urea groups is 1. The van der Waals surface area contributed by atoms with E-state index >= 15 is 0 Å². The Kier molecular flexibility index (Phi) is 3.76. The molecule has 7 nitrogen and oxygen atoms in total. The van der Waals surface area contributed by atoms with E-state index in [0.29, 0.717) is 24.6 Å². The van der Waals surface area contributed by atoms with Crippen LogP contribution in [0.3, 0.4) is 0 Å². The Balaban J connectivity index is 1.55. The largest absolute Gasteiger partial charge is 0.496 e. The van der Waals surface area contributed by atoms with E-state index in [2.05, 4.69) is 15.4 Å². The first kappa shape index (κ1) is 15.4. The molecule has 3 heterocycles. The molecular weight excluding hydrogens is 318 g/mol. The molecule has 2 aromatic heterocycles. The molecule has 0 spiro atoms. The molecule has 1 aliphatic heterocycles. The van der Waals surface area contributed by atoms with Gasteiger partial charge in [-0.3, -0.25) is 5.32 Å². The number of methoxy groups -OCH3 is 1. The molecule has 1 aromatic carbocycles. The maximum absolute atomic E-state index is 12.7. The zero-order valence-corrected chi connectivity index (χ0v) is 14.2. The SMILES string of the molecule is COc1cccc2c1CCN(C(=O)Nc1ccnc3cc(C)nn13)C2. The summed E-state index contributed by atoms with van der Waals surface area (Å²) in [5, 5.41) is 7.32. The second-order valence-corrected chi connectivity index (χ2v) is 6.09. The first-order chi connectivity index (χ1) is 12.2. The van der Waals surface area contributed by atoms with Gasteiger partial charge in [-0.2, -0.15) is 9.61 Å². The molecule has 1 aliphatic rings. The third kappa shape index (κ3) is 2.77. The highest BCUT2D eigenvalue weighted by Gasteiger charge is 2.23. The summed E-state index contributed by atoms with van der Waals surface area (Å²) in [6.45, 7) is 3.10. The van der Waals surface area contributed by atoms with Gasteiger partial charge in [-0.15, -0.1) is 0 Å². The number of ether oxygens (including phenoxy) is 1. The van der Waals surface area contributed by atoms with Crippen molar-refractivity contribution >= 4 is 17.5 Å². The first-order valence-electron chi connectivity index (χ1n) is 8.18. The fourth-order valence-electron chi connectivity index (χ4n) is 3.23. The van der Waals surface area contributed by atoms with E-state index in [-0.39, 0.29) is 6.03 Å². The lowest BCUT2D eigenvalue weighted by atomic mass is 9.99. The van der Waals surface area contributed by atoms with Gasteiger partial charge in [-0.25, -0.2) is 9.78 Å². The number of anilines is 1. The van der Waals surface area contributed by atoms with Crippen molar-refractivity contribution in [2.75, 3.05) is 19.0 Å². The lowest BCUT2D eigenvalue weighted by Gasteiger charge is -2.29. The van der Waals surface area contributed by atoms with Crippen LogP contribution in [0.2, 0.25) is 0 Å². The minimum absolute atomic E-state index is 0.144. The summed E-state index contributed by atoms with van der Waals surface area (Å²) in [5.41, 5.74) is 3.87. The molecule has 1 N–H and O–H groups in total. The third-order valence-electron chi connectivity index (χ3n) is 4.45. The number of rotatable bonds is 2. The number of aromatic nitrogens is 3. The number of nitrogens with zero attached hydrogens (tertiary/aromatic N) is 4. The Labute approximate surface area is 145 Å². The molecule has 0 saturated carbocycles. The van der Waals surface area contributed by atoms with Gasteiger partial charge in [0, 0.05) is 30.9 Å². The van der Waals surface area contributed by atoms with E-state index in [0.717, 1.165) is 23.4 Å². The van der Waals surface area contributed by atoms with Crippen molar-refractivity contribution in [3.63, 3.8) is 0 Å². The third-order valence-corrected chi connectivity index (χ3v) is 4.45. The Morgan fingerprint density at radius 1 is 1.32 bits per heavy atom. The van der Waals surface area contributed by atoms with Crippen molar-refractivity contribution in [2.45, 2.75) is 19.9 Å². The molecule has 0 atom stereocenters. The maximum atomic E-state index is 12.7. The lowest BCUT2D eigenvalue weighted by Crippen LogP contribution is -2.39. The standard InChI is InChI=1S/C18H19N5O2/c1-12-10-17-19-8-6-16(23(17)21-12)20-18(24)22-9-7-14-13(11-22)4-3-5-15(14)25-2/h3-6,8,10H,7,9,11H2,1-2H3,(H,20,24). The number of carbonyl (C=O) groups is 1. The minimum atomic E-state index is -0.144. The van der Waals surface area contributed by atoms with Crippen molar-refractivity contribution in [2.24, 2.45) is 0 Å². The van der Waals surface area contributed by atoms with Crippen LogP contribution in [0, 0.1) is 6.92 Å². The predicted octanol–water partition coefficient (Wildman–Crippen LogP) is 2.64. The zero-order valence-electron chi connectivity index (χ0n) is 14.2. The molecule has 0 unspecified atom stereocenters. The Bertz CT molecular complexity index is 950. The lowest BCUT2D eigenvalue weighted by molar-refractivity contribution is 0.205. The van der Waals surface area contributed by atoms with Crippen LogP contribution in [0.1, 0.15) is 16.8 Å². The highest BCUT2D eigenvalue weighted by molar-refractivity contribution is 5.88. The zero-order chi connectivity index (χ0) is 17.4. The Hall–Kier alpha value is -3.09. The van der Waals surface area contributed by atoms with Gasteiger partial charge in [0.1, 0.15) is 11.6 Å². The van der Waals surface area contributed by atoms with Gasteiger partial charge < -0.3 is 9.64 Å². The number of carbonyl (C=O) groups excluding carboxylic acids is 1. The van der Waals surface area contributed by atoms with Gasteiger partial charge in [-0.1, -0.05) is 12.1 Å². The van der Waals surface area contributed by atoms with Crippen molar-refractivity contribution in [3.8, 4) is 5.75 Å². The highest BCUT2D eigenvalue weighted by Crippen LogP contribution is 2.28. The molecule has 0 fully saturated rings. The molecule has 3 aromatic rings. The molecule has 0 bridgehead atoms. The number of benzene rings is 1. The number of aryl methyl sites for hydroxylation is 1. The average Bonchev–Trinajstić information content (AvgIpc) is 3.02. The van der Waals surface area contributed by atoms with Crippen molar-refractivity contribution < 1.29 is 9.53 Å².